The summed E-state index contributed by atoms with van der Waals surface area (Å²) in [6.45, 7) is 2.90. The molecule has 1 fully saturated rings. The van der Waals surface area contributed by atoms with Crippen molar-refractivity contribution in [3.63, 3.8) is 0 Å². The van der Waals surface area contributed by atoms with Gasteiger partial charge in [-0.25, -0.2) is 4.79 Å². The molecule has 0 saturated carbocycles. The molecule has 1 aromatic heterocycles. The molecule has 2 heterocycles. The van der Waals surface area contributed by atoms with Crippen molar-refractivity contribution in [1.82, 2.24) is 10.2 Å². The maximum absolute atomic E-state index is 12.9. The van der Waals surface area contributed by atoms with E-state index in [0.29, 0.717) is 5.69 Å². The topological polar surface area (TPSA) is 121 Å². The zero-order valence-corrected chi connectivity index (χ0v) is 18.0. The SMILES string of the molecule is Cc1cccc(NC(=O)c2ccccc2NC(=O)CN2C(=O)NC(C)(c3ccco3)C2=O)c1. The van der Waals surface area contributed by atoms with E-state index in [1.807, 2.05) is 25.1 Å². The van der Waals surface area contributed by atoms with E-state index in [1.54, 1.807) is 42.5 Å². The predicted molar refractivity (Wildman–Crippen MR) is 121 cm³/mol. The Bertz CT molecular complexity index is 1240. The van der Waals surface area contributed by atoms with Crippen LogP contribution in [0.2, 0.25) is 0 Å². The van der Waals surface area contributed by atoms with E-state index < -0.39 is 35.8 Å². The molecule has 1 saturated heterocycles. The molecule has 4 rings (SSSR count). The second kappa shape index (κ2) is 8.62. The van der Waals surface area contributed by atoms with Crippen LogP contribution in [0.4, 0.5) is 16.2 Å². The average Bonchev–Trinajstić information content (AvgIpc) is 3.39. The molecule has 5 amide bonds. The summed E-state index contributed by atoms with van der Waals surface area (Å²) < 4.78 is 5.28. The number of nitrogens with one attached hydrogen (secondary N) is 3. The van der Waals surface area contributed by atoms with Gasteiger partial charge < -0.3 is 20.4 Å². The number of imide groups is 1. The fourth-order valence-corrected chi connectivity index (χ4v) is 3.62. The molecule has 1 atom stereocenters. The molecule has 0 spiro atoms. The van der Waals surface area contributed by atoms with Gasteiger partial charge in [-0.1, -0.05) is 24.3 Å². The summed E-state index contributed by atoms with van der Waals surface area (Å²) in [5.41, 5.74) is 0.715. The predicted octanol–water partition coefficient (Wildman–Crippen LogP) is 3.25. The number of carbonyl (C=O) groups is 4. The molecule has 9 nitrogen and oxygen atoms in total. The number of hydrogen-bond donors (Lipinski definition) is 3. The molecule has 1 aliphatic rings. The van der Waals surface area contributed by atoms with Gasteiger partial charge in [-0.2, -0.15) is 0 Å². The summed E-state index contributed by atoms with van der Waals surface area (Å²) in [4.78, 5) is 51.6. The van der Waals surface area contributed by atoms with Crippen molar-refractivity contribution in [2.75, 3.05) is 17.2 Å². The number of carbonyl (C=O) groups excluding carboxylic acids is 4. The van der Waals surface area contributed by atoms with Gasteiger partial charge in [0.05, 0.1) is 17.5 Å². The van der Waals surface area contributed by atoms with Crippen molar-refractivity contribution >= 4 is 35.1 Å². The van der Waals surface area contributed by atoms with E-state index in [9.17, 15) is 19.2 Å². The third-order valence-electron chi connectivity index (χ3n) is 5.31. The molecule has 3 N–H and O–H groups in total. The molecule has 0 bridgehead atoms. The van der Waals surface area contributed by atoms with Crippen molar-refractivity contribution in [2.45, 2.75) is 19.4 Å². The van der Waals surface area contributed by atoms with Crippen molar-refractivity contribution < 1.29 is 23.6 Å². The average molecular weight is 446 g/mol. The summed E-state index contributed by atoms with van der Waals surface area (Å²) >= 11 is 0. The van der Waals surface area contributed by atoms with E-state index >= 15 is 0 Å². The van der Waals surface area contributed by atoms with Gasteiger partial charge in [-0.15, -0.1) is 0 Å². The van der Waals surface area contributed by atoms with Crippen LogP contribution in [0.3, 0.4) is 0 Å². The molecule has 9 heteroatoms. The van der Waals surface area contributed by atoms with Crippen LogP contribution in [-0.4, -0.2) is 35.2 Å². The van der Waals surface area contributed by atoms with Gasteiger partial charge >= 0.3 is 6.03 Å². The number of hydrogen-bond acceptors (Lipinski definition) is 5. The summed E-state index contributed by atoms with van der Waals surface area (Å²) in [7, 11) is 0. The van der Waals surface area contributed by atoms with E-state index in [4.69, 9.17) is 4.42 Å². The molecule has 1 unspecified atom stereocenters. The quantitative estimate of drug-likeness (QED) is 0.502. The zero-order chi connectivity index (χ0) is 23.6. The Hall–Kier alpha value is -4.40. The van der Waals surface area contributed by atoms with Gasteiger partial charge in [0.1, 0.15) is 12.3 Å². The molecular formula is C24H22N4O5. The minimum atomic E-state index is -1.40. The first-order valence-electron chi connectivity index (χ1n) is 10.2. The van der Waals surface area contributed by atoms with Crippen LogP contribution in [0.1, 0.15) is 28.6 Å². The van der Waals surface area contributed by atoms with Gasteiger partial charge in [0.15, 0.2) is 5.54 Å². The Morgan fingerprint density at radius 3 is 2.55 bits per heavy atom. The lowest BCUT2D eigenvalue weighted by atomic mass is 9.99. The maximum Gasteiger partial charge on any atom is 0.325 e. The van der Waals surface area contributed by atoms with Gasteiger partial charge in [0.25, 0.3) is 11.8 Å². The Kier molecular flexibility index (Phi) is 5.70. The highest BCUT2D eigenvalue weighted by Crippen LogP contribution is 2.29. The molecular weight excluding hydrogens is 424 g/mol. The zero-order valence-electron chi connectivity index (χ0n) is 18.0. The van der Waals surface area contributed by atoms with Crippen LogP contribution in [0.15, 0.2) is 71.3 Å². The first-order chi connectivity index (χ1) is 15.8. The van der Waals surface area contributed by atoms with Gasteiger partial charge in [0.2, 0.25) is 5.91 Å². The van der Waals surface area contributed by atoms with E-state index in [0.717, 1.165) is 10.5 Å². The van der Waals surface area contributed by atoms with E-state index in [1.165, 1.54) is 13.2 Å². The number of benzene rings is 2. The summed E-state index contributed by atoms with van der Waals surface area (Å²) in [6, 6.07) is 16.3. The molecule has 1 aliphatic heterocycles. The van der Waals surface area contributed by atoms with Crippen molar-refractivity contribution in [1.29, 1.82) is 0 Å². The first-order valence-corrected chi connectivity index (χ1v) is 10.2. The normalized spacial score (nSPS) is 17.6. The molecule has 33 heavy (non-hydrogen) atoms. The number of urea groups is 1. The summed E-state index contributed by atoms with van der Waals surface area (Å²) in [5.74, 6) is -1.38. The highest BCUT2D eigenvalue weighted by Gasteiger charge is 2.51. The highest BCUT2D eigenvalue weighted by molar-refractivity contribution is 6.12. The van der Waals surface area contributed by atoms with Crippen molar-refractivity contribution in [2.24, 2.45) is 0 Å². The Morgan fingerprint density at radius 1 is 1.03 bits per heavy atom. The second-order valence-electron chi connectivity index (χ2n) is 7.84. The molecule has 3 aromatic rings. The molecule has 168 valence electrons. The van der Waals surface area contributed by atoms with Gasteiger partial charge in [-0.05, 0) is 55.8 Å². The second-order valence-corrected chi connectivity index (χ2v) is 7.84. The summed E-state index contributed by atoms with van der Waals surface area (Å²) in [5, 5.41) is 7.98. The van der Waals surface area contributed by atoms with Crippen LogP contribution in [0.5, 0.6) is 0 Å². The summed E-state index contributed by atoms with van der Waals surface area (Å²) in [6.07, 6.45) is 1.40. The lowest BCUT2D eigenvalue weighted by Gasteiger charge is -2.19. The lowest BCUT2D eigenvalue weighted by molar-refractivity contribution is -0.134. The van der Waals surface area contributed by atoms with Crippen molar-refractivity contribution in [3.8, 4) is 0 Å². The first kappa shape index (κ1) is 21.8. The fourth-order valence-electron chi connectivity index (χ4n) is 3.62. The van der Waals surface area contributed by atoms with E-state index in [-0.39, 0.29) is 17.0 Å². The third-order valence-corrected chi connectivity index (χ3v) is 5.31. The Morgan fingerprint density at radius 2 is 1.82 bits per heavy atom. The maximum atomic E-state index is 12.9. The van der Waals surface area contributed by atoms with Gasteiger partial charge in [0, 0.05) is 5.69 Å². The fraction of sp³-hybridized carbons (Fsp3) is 0.167. The number of nitrogens with zero attached hydrogens (tertiary/aromatic N) is 1. The van der Waals surface area contributed by atoms with E-state index in [2.05, 4.69) is 16.0 Å². The monoisotopic (exact) mass is 446 g/mol. The smallest absolute Gasteiger partial charge is 0.325 e. The molecule has 0 radical (unpaired) electrons. The van der Waals surface area contributed by atoms with Crippen molar-refractivity contribution in [3.05, 3.63) is 83.8 Å². The van der Waals surface area contributed by atoms with Crippen LogP contribution >= 0.6 is 0 Å². The van der Waals surface area contributed by atoms with Gasteiger partial charge in [-0.3, -0.25) is 19.3 Å². The Balaban J connectivity index is 1.47. The Labute approximate surface area is 189 Å². The number of rotatable bonds is 6. The number of aryl methyl sites for hydroxylation is 1. The lowest BCUT2D eigenvalue weighted by Crippen LogP contribution is -2.42. The van der Waals surface area contributed by atoms with Crippen LogP contribution in [-0.2, 0) is 15.1 Å². The van der Waals surface area contributed by atoms with Crippen LogP contribution < -0.4 is 16.0 Å². The number of anilines is 2. The number of para-hydroxylation sites is 1. The standard InChI is InChI=1S/C24H22N4O5/c1-15-7-5-8-16(13-15)25-21(30)17-9-3-4-10-18(17)26-20(29)14-28-22(31)24(2,27-23(28)32)19-11-6-12-33-19/h3-13H,14H2,1-2H3,(H,25,30)(H,26,29)(H,27,32). The minimum absolute atomic E-state index is 0.241. The largest absolute Gasteiger partial charge is 0.466 e. The molecule has 2 aromatic carbocycles. The van der Waals surface area contributed by atoms with Crippen LogP contribution in [0, 0.1) is 6.92 Å². The number of furan rings is 1. The third kappa shape index (κ3) is 4.33. The molecule has 0 aliphatic carbocycles. The number of amides is 5. The van der Waals surface area contributed by atoms with Crippen LogP contribution in [0.25, 0.3) is 0 Å². The highest BCUT2D eigenvalue weighted by atomic mass is 16.3. The minimum Gasteiger partial charge on any atom is -0.466 e.